The third-order valence-corrected chi connectivity index (χ3v) is 3.10. The fraction of sp³-hybridized carbons (Fsp3) is 0.571. The van der Waals surface area contributed by atoms with E-state index in [9.17, 15) is 5.11 Å². The van der Waals surface area contributed by atoms with E-state index in [1.54, 1.807) is 14.0 Å². The van der Waals surface area contributed by atoms with Crippen LogP contribution in [0.3, 0.4) is 0 Å². The molecule has 3 nitrogen and oxygen atoms in total. The molecule has 1 atom stereocenters. The molecule has 1 aromatic carbocycles. The lowest BCUT2D eigenvalue weighted by molar-refractivity contribution is 0.116. The molecule has 1 saturated carbocycles. The number of benzene rings is 1. The van der Waals surface area contributed by atoms with Crippen molar-refractivity contribution in [2.45, 2.75) is 44.8 Å². The Balaban J connectivity index is 2.13. The van der Waals surface area contributed by atoms with Crippen LogP contribution in [0.2, 0.25) is 0 Å². The van der Waals surface area contributed by atoms with Crippen LogP contribution < -0.4 is 9.47 Å². The van der Waals surface area contributed by atoms with Gasteiger partial charge in [-0.05, 0) is 50.3 Å². The Kier molecular flexibility index (Phi) is 3.89. The van der Waals surface area contributed by atoms with Gasteiger partial charge in [0.25, 0.3) is 0 Å². The summed E-state index contributed by atoms with van der Waals surface area (Å²) in [5.41, 5.74) is 1.08. The van der Waals surface area contributed by atoms with Crippen LogP contribution in [0.25, 0.3) is 0 Å². The predicted molar refractivity (Wildman–Crippen MR) is 66.6 cm³/mol. The zero-order valence-corrected chi connectivity index (χ0v) is 10.5. The lowest BCUT2D eigenvalue weighted by Gasteiger charge is -2.27. The van der Waals surface area contributed by atoms with E-state index >= 15 is 0 Å². The van der Waals surface area contributed by atoms with E-state index in [-0.39, 0.29) is 6.10 Å². The molecule has 1 aliphatic carbocycles. The van der Waals surface area contributed by atoms with Crippen LogP contribution in [0.4, 0.5) is 0 Å². The van der Waals surface area contributed by atoms with Crippen molar-refractivity contribution < 1.29 is 14.6 Å². The maximum Gasteiger partial charge on any atom is 0.161 e. The van der Waals surface area contributed by atoms with Crippen molar-refractivity contribution in [3.63, 3.8) is 0 Å². The molecule has 3 heteroatoms. The van der Waals surface area contributed by atoms with Gasteiger partial charge in [-0.25, -0.2) is 0 Å². The van der Waals surface area contributed by atoms with Crippen LogP contribution >= 0.6 is 0 Å². The second-order valence-corrected chi connectivity index (χ2v) is 4.71. The standard InChI is InChI=1S/C14H20O3/c1-10(15)8-11-6-7-13(16-2)14(9-11)17-12-4-3-5-12/h6-7,9-10,12,15H,3-5,8H2,1-2H3. The summed E-state index contributed by atoms with van der Waals surface area (Å²) < 4.78 is 11.2. The van der Waals surface area contributed by atoms with Gasteiger partial charge < -0.3 is 14.6 Å². The highest BCUT2D eigenvalue weighted by Crippen LogP contribution is 2.33. The number of aliphatic hydroxyl groups excluding tert-OH is 1. The fourth-order valence-corrected chi connectivity index (χ4v) is 1.95. The molecule has 0 aliphatic heterocycles. The van der Waals surface area contributed by atoms with Gasteiger partial charge in [0.15, 0.2) is 11.5 Å². The molecular formula is C14H20O3. The number of aliphatic hydroxyl groups is 1. The molecular weight excluding hydrogens is 216 g/mol. The number of hydrogen-bond donors (Lipinski definition) is 1. The van der Waals surface area contributed by atoms with E-state index < -0.39 is 0 Å². The van der Waals surface area contributed by atoms with E-state index in [4.69, 9.17) is 9.47 Å². The summed E-state index contributed by atoms with van der Waals surface area (Å²) in [6.45, 7) is 1.79. The molecule has 2 rings (SSSR count). The first-order valence-electron chi connectivity index (χ1n) is 6.20. The SMILES string of the molecule is COc1ccc(CC(C)O)cc1OC1CCC1. The molecule has 1 N–H and O–H groups in total. The van der Waals surface area contributed by atoms with Gasteiger partial charge in [-0.3, -0.25) is 0 Å². The average Bonchev–Trinajstić information content (AvgIpc) is 2.23. The minimum atomic E-state index is -0.333. The second-order valence-electron chi connectivity index (χ2n) is 4.71. The molecule has 1 aliphatic rings. The van der Waals surface area contributed by atoms with E-state index in [0.717, 1.165) is 29.9 Å². The zero-order chi connectivity index (χ0) is 12.3. The summed E-state index contributed by atoms with van der Waals surface area (Å²) in [6.07, 6.45) is 4.16. The van der Waals surface area contributed by atoms with Crippen molar-refractivity contribution in [3.8, 4) is 11.5 Å². The van der Waals surface area contributed by atoms with Gasteiger partial charge >= 0.3 is 0 Å². The van der Waals surface area contributed by atoms with Crippen molar-refractivity contribution in [2.24, 2.45) is 0 Å². The highest BCUT2D eigenvalue weighted by Gasteiger charge is 2.20. The molecule has 17 heavy (non-hydrogen) atoms. The first-order chi connectivity index (χ1) is 8.19. The van der Waals surface area contributed by atoms with Crippen molar-refractivity contribution in [3.05, 3.63) is 23.8 Å². The molecule has 1 fully saturated rings. The number of methoxy groups -OCH3 is 1. The fourth-order valence-electron chi connectivity index (χ4n) is 1.95. The molecule has 94 valence electrons. The van der Waals surface area contributed by atoms with Crippen LogP contribution in [0.1, 0.15) is 31.7 Å². The van der Waals surface area contributed by atoms with Gasteiger partial charge in [0.05, 0.1) is 19.3 Å². The number of hydrogen-bond acceptors (Lipinski definition) is 3. The Morgan fingerprint density at radius 3 is 2.65 bits per heavy atom. The van der Waals surface area contributed by atoms with Gasteiger partial charge in [-0.15, -0.1) is 0 Å². The zero-order valence-electron chi connectivity index (χ0n) is 10.5. The Labute approximate surface area is 102 Å². The van der Waals surface area contributed by atoms with Crippen LogP contribution in [0, 0.1) is 0 Å². The third-order valence-electron chi connectivity index (χ3n) is 3.10. The second kappa shape index (κ2) is 5.41. The highest BCUT2D eigenvalue weighted by atomic mass is 16.5. The number of ether oxygens (including phenoxy) is 2. The molecule has 1 aromatic rings. The van der Waals surface area contributed by atoms with Crippen LogP contribution in [-0.2, 0) is 6.42 Å². The molecule has 0 amide bonds. The van der Waals surface area contributed by atoms with Crippen LogP contribution in [0.15, 0.2) is 18.2 Å². The van der Waals surface area contributed by atoms with Crippen LogP contribution in [0.5, 0.6) is 11.5 Å². The molecule has 0 saturated heterocycles. The lowest BCUT2D eigenvalue weighted by atomic mass is 9.96. The van der Waals surface area contributed by atoms with Gasteiger partial charge in [-0.2, -0.15) is 0 Å². The Morgan fingerprint density at radius 1 is 1.35 bits per heavy atom. The topological polar surface area (TPSA) is 38.7 Å². The van der Waals surface area contributed by atoms with Crippen molar-refractivity contribution in [2.75, 3.05) is 7.11 Å². The summed E-state index contributed by atoms with van der Waals surface area (Å²) >= 11 is 0. The molecule has 0 spiro atoms. The Bertz CT molecular complexity index is 370. The van der Waals surface area contributed by atoms with Crippen molar-refractivity contribution in [1.82, 2.24) is 0 Å². The van der Waals surface area contributed by atoms with E-state index in [2.05, 4.69) is 0 Å². The van der Waals surface area contributed by atoms with Crippen LogP contribution in [-0.4, -0.2) is 24.4 Å². The monoisotopic (exact) mass is 236 g/mol. The van der Waals surface area contributed by atoms with Crippen molar-refractivity contribution in [1.29, 1.82) is 0 Å². The number of rotatable bonds is 5. The molecule has 0 heterocycles. The third kappa shape index (κ3) is 3.13. The molecule has 1 unspecified atom stereocenters. The van der Waals surface area contributed by atoms with Gasteiger partial charge in [0, 0.05) is 0 Å². The van der Waals surface area contributed by atoms with E-state index in [1.807, 2.05) is 18.2 Å². The van der Waals surface area contributed by atoms with E-state index in [1.165, 1.54) is 6.42 Å². The van der Waals surface area contributed by atoms with Crippen molar-refractivity contribution >= 4 is 0 Å². The van der Waals surface area contributed by atoms with Gasteiger partial charge in [-0.1, -0.05) is 6.07 Å². The quantitative estimate of drug-likeness (QED) is 0.854. The lowest BCUT2D eigenvalue weighted by Crippen LogP contribution is -2.24. The maximum atomic E-state index is 9.39. The predicted octanol–water partition coefficient (Wildman–Crippen LogP) is 2.55. The van der Waals surface area contributed by atoms with Gasteiger partial charge in [0.1, 0.15) is 0 Å². The summed E-state index contributed by atoms with van der Waals surface area (Å²) in [6, 6.07) is 5.86. The molecule has 0 radical (unpaired) electrons. The normalized spacial score (nSPS) is 17.4. The largest absolute Gasteiger partial charge is 0.493 e. The average molecular weight is 236 g/mol. The minimum Gasteiger partial charge on any atom is -0.493 e. The summed E-state index contributed by atoms with van der Waals surface area (Å²) in [7, 11) is 1.65. The van der Waals surface area contributed by atoms with E-state index in [0.29, 0.717) is 12.5 Å². The summed E-state index contributed by atoms with van der Waals surface area (Å²) in [5, 5.41) is 9.39. The first kappa shape index (κ1) is 12.2. The Hall–Kier alpha value is -1.22. The first-order valence-corrected chi connectivity index (χ1v) is 6.20. The summed E-state index contributed by atoms with van der Waals surface area (Å²) in [5.74, 6) is 1.57. The molecule has 0 aromatic heterocycles. The molecule has 0 bridgehead atoms. The minimum absolute atomic E-state index is 0.333. The Morgan fingerprint density at radius 2 is 2.12 bits per heavy atom. The maximum absolute atomic E-state index is 9.39. The summed E-state index contributed by atoms with van der Waals surface area (Å²) in [4.78, 5) is 0. The highest BCUT2D eigenvalue weighted by molar-refractivity contribution is 5.43. The van der Waals surface area contributed by atoms with Gasteiger partial charge in [0.2, 0.25) is 0 Å². The smallest absolute Gasteiger partial charge is 0.161 e.